The lowest BCUT2D eigenvalue weighted by atomic mass is 10.00. The van der Waals surface area contributed by atoms with Gasteiger partial charge in [-0.05, 0) is 60.9 Å². The van der Waals surface area contributed by atoms with Gasteiger partial charge < -0.3 is 9.84 Å². The van der Waals surface area contributed by atoms with E-state index in [-0.39, 0.29) is 23.2 Å². The number of methoxy groups -OCH3 is 1. The van der Waals surface area contributed by atoms with Gasteiger partial charge in [-0.2, -0.15) is 10.4 Å². The van der Waals surface area contributed by atoms with Crippen LogP contribution in [0, 0.1) is 18.3 Å². The average Bonchev–Trinajstić information content (AvgIpc) is 3.46. The van der Waals surface area contributed by atoms with Gasteiger partial charge in [-0.1, -0.05) is 60.7 Å². The molecule has 8 nitrogen and oxygen atoms in total. The van der Waals surface area contributed by atoms with Crippen molar-refractivity contribution >= 4 is 11.9 Å². The van der Waals surface area contributed by atoms with Crippen LogP contribution in [0.4, 0.5) is 0 Å². The number of ether oxygens (including phenoxy) is 1. The van der Waals surface area contributed by atoms with E-state index in [0.717, 1.165) is 21.4 Å². The molecule has 0 fully saturated rings. The van der Waals surface area contributed by atoms with E-state index in [1.165, 1.54) is 13.0 Å². The molecule has 0 amide bonds. The van der Waals surface area contributed by atoms with Crippen molar-refractivity contribution in [3.63, 3.8) is 0 Å². The molecule has 5 rings (SSSR count). The summed E-state index contributed by atoms with van der Waals surface area (Å²) in [5.41, 5.74) is 3.22. The van der Waals surface area contributed by atoms with E-state index in [0.29, 0.717) is 23.4 Å². The summed E-state index contributed by atoms with van der Waals surface area (Å²) in [6.07, 6.45) is 5.19. The van der Waals surface area contributed by atoms with Crippen molar-refractivity contribution in [3.8, 4) is 34.6 Å². The number of aryl methyl sites for hydroxylation is 1. The first-order valence-corrected chi connectivity index (χ1v) is 13.3. The second-order valence-electron chi connectivity index (χ2n) is 9.64. The standard InChI is InChI=1S/C34H28N4O4/c1-23-29(21-35)33(40)37(20-19-24-13-16-28(42-2)17-14-24)34(41)31(23)30(39)18-15-26-22-38(27-11-7-4-8-12-27)36-32(26)25-9-5-3-6-10-25/h3-18,22,41H,19-20H2,1-2H3/b18-15+. The zero-order chi connectivity index (χ0) is 29.6. The summed E-state index contributed by atoms with van der Waals surface area (Å²) in [5.74, 6) is -0.306. The van der Waals surface area contributed by atoms with Crippen molar-refractivity contribution in [3.05, 3.63) is 135 Å². The van der Waals surface area contributed by atoms with Crippen molar-refractivity contribution in [2.24, 2.45) is 0 Å². The number of ketones is 1. The molecule has 2 aromatic heterocycles. The van der Waals surface area contributed by atoms with Gasteiger partial charge in [0.25, 0.3) is 5.56 Å². The molecule has 0 aliphatic heterocycles. The second kappa shape index (κ2) is 12.2. The van der Waals surface area contributed by atoms with Gasteiger partial charge >= 0.3 is 0 Å². The van der Waals surface area contributed by atoms with Crippen LogP contribution in [0.3, 0.4) is 0 Å². The number of benzene rings is 3. The van der Waals surface area contributed by atoms with Crippen molar-refractivity contribution in [2.75, 3.05) is 7.11 Å². The Morgan fingerprint density at radius 1 is 1.02 bits per heavy atom. The number of nitrogens with zero attached hydrogens (tertiary/aromatic N) is 4. The summed E-state index contributed by atoms with van der Waals surface area (Å²) in [7, 11) is 1.58. The van der Waals surface area contributed by atoms with Crippen LogP contribution < -0.4 is 10.3 Å². The number of carbonyl (C=O) groups excluding carboxylic acids is 1. The van der Waals surface area contributed by atoms with Gasteiger partial charge in [0, 0.05) is 23.9 Å². The van der Waals surface area contributed by atoms with Crippen molar-refractivity contribution in [1.29, 1.82) is 5.26 Å². The molecule has 0 saturated carbocycles. The molecule has 0 aliphatic carbocycles. The molecule has 0 saturated heterocycles. The normalized spacial score (nSPS) is 11.0. The molecule has 0 radical (unpaired) electrons. The number of allylic oxidation sites excluding steroid dienone is 1. The maximum atomic E-state index is 13.5. The van der Waals surface area contributed by atoms with E-state index in [4.69, 9.17) is 9.84 Å². The van der Waals surface area contributed by atoms with Crippen LogP contribution in [-0.2, 0) is 13.0 Å². The summed E-state index contributed by atoms with van der Waals surface area (Å²) in [5, 5.41) is 25.7. The van der Waals surface area contributed by atoms with E-state index in [9.17, 15) is 20.0 Å². The molecule has 0 aliphatic rings. The Labute approximate surface area is 243 Å². The van der Waals surface area contributed by atoms with Gasteiger partial charge in [0.15, 0.2) is 5.78 Å². The van der Waals surface area contributed by atoms with E-state index in [1.54, 1.807) is 30.0 Å². The maximum Gasteiger partial charge on any atom is 0.271 e. The molecule has 42 heavy (non-hydrogen) atoms. The van der Waals surface area contributed by atoms with E-state index >= 15 is 0 Å². The highest BCUT2D eigenvalue weighted by molar-refractivity contribution is 6.09. The third kappa shape index (κ3) is 5.62. The van der Waals surface area contributed by atoms with Crippen LogP contribution >= 0.6 is 0 Å². The number of rotatable bonds is 9. The fourth-order valence-electron chi connectivity index (χ4n) is 4.78. The molecule has 8 heteroatoms. The van der Waals surface area contributed by atoms with Crippen LogP contribution in [0.5, 0.6) is 11.6 Å². The van der Waals surface area contributed by atoms with Crippen LogP contribution in [-0.4, -0.2) is 32.3 Å². The summed E-state index contributed by atoms with van der Waals surface area (Å²) >= 11 is 0. The number of nitriles is 1. The Morgan fingerprint density at radius 2 is 1.69 bits per heavy atom. The molecule has 2 heterocycles. The molecule has 0 unspecified atom stereocenters. The Balaban J connectivity index is 1.51. The van der Waals surface area contributed by atoms with Crippen LogP contribution in [0.1, 0.15) is 32.6 Å². The SMILES string of the molecule is COc1ccc(CCn2c(O)c(C(=O)/C=C/c3cn(-c4ccccc4)nc3-c3ccccc3)c(C)c(C#N)c2=O)cc1. The molecule has 5 aromatic rings. The molecular formula is C34H28N4O4. The minimum atomic E-state index is -0.642. The average molecular weight is 557 g/mol. The lowest BCUT2D eigenvalue weighted by molar-refractivity contribution is 0.104. The third-order valence-corrected chi connectivity index (χ3v) is 7.05. The minimum absolute atomic E-state index is 0.0813. The Morgan fingerprint density at radius 3 is 2.33 bits per heavy atom. The molecule has 208 valence electrons. The molecule has 0 spiro atoms. The number of hydrogen-bond acceptors (Lipinski definition) is 6. The lowest BCUT2D eigenvalue weighted by Gasteiger charge is -2.15. The molecular weight excluding hydrogens is 528 g/mol. The Bertz CT molecular complexity index is 1860. The van der Waals surface area contributed by atoms with E-state index in [1.807, 2.05) is 85.1 Å². The number of carbonyl (C=O) groups is 1. The predicted molar refractivity (Wildman–Crippen MR) is 161 cm³/mol. The minimum Gasteiger partial charge on any atom is -0.497 e. The fraction of sp³-hybridized carbons (Fsp3) is 0.118. The van der Waals surface area contributed by atoms with Crippen molar-refractivity contribution < 1.29 is 14.6 Å². The fourth-order valence-corrected chi connectivity index (χ4v) is 4.78. The van der Waals surface area contributed by atoms with E-state index in [2.05, 4.69) is 0 Å². The number of para-hydroxylation sites is 1. The van der Waals surface area contributed by atoms with E-state index < -0.39 is 17.2 Å². The smallest absolute Gasteiger partial charge is 0.271 e. The lowest BCUT2D eigenvalue weighted by Crippen LogP contribution is -2.27. The third-order valence-electron chi connectivity index (χ3n) is 7.05. The molecule has 1 N–H and O–H groups in total. The Kier molecular flexibility index (Phi) is 8.12. The zero-order valence-electron chi connectivity index (χ0n) is 23.2. The van der Waals surface area contributed by atoms with Crippen molar-refractivity contribution in [1.82, 2.24) is 14.3 Å². The number of aromatic nitrogens is 3. The number of pyridine rings is 1. The van der Waals surface area contributed by atoms with Gasteiger partial charge in [-0.25, -0.2) is 4.68 Å². The first-order chi connectivity index (χ1) is 20.4. The van der Waals surface area contributed by atoms with Gasteiger partial charge in [-0.3, -0.25) is 14.2 Å². The monoisotopic (exact) mass is 556 g/mol. The summed E-state index contributed by atoms with van der Waals surface area (Å²) in [6, 6.07) is 28.5. The van der Waals surface area contributed by atoms with Gasteiger partial charge in [0.2, 0.25) is 5.88 Å². The molecule has 3 aromatic carbocycles. The topological polar surface area (TPSA) is 110 Å². The molecule has 0 atom stereocenters. The summed E-state index contributed by atoms with van der Waals surface area (Å²) < 4.78 is 8.01. The highest BCUT2D eigenvalue weighted by atomic mass is 16.5. The maximum absolute atomic E-state index is 13.5. The van der Waals surface area contributed by atoms with Gasteiger partial charge in [-0.15, -0.1) is 0 Å². The molecule has 0 bridgehead atoms. The van der Waals surface area contributed by atoms with Crippen LogP contribution in [0.15, 0.2) is 102 Å². The van der Waals surface area contributed by atoms with Crippen LogP contribution in [0.2, 0.25) is 0 Å². The first-order valence-electron chi connectivity index (χ1n) is 13.3. The quantitative estimate of drug-likeness (QED) is 0.183. The number of aromatic hydroxyl groups is 1. The second-order valence-corrected chi connectivity index (χ2v) is 9.64. The van der Waals surface area contributed by atoms with Gasteiger partial charge in [0.1, 0.15) is 17.4 Å². The highest BCUT2D eigenvalue weighted by Gasteiger charge is 2.23. The van der Waals surface area contributed by atoms with Crippen LogP contribution in [0.25, 0.3) is 23.0 Å². The first kappa shape index (κ1) is 27.9. The van der Waals surface area contributed by atoms with Gasteiger partial charge in [0.05, 0.1) is 24.1 Å². The van der Waals surface area contributed by atoms with Crippen molar-refractivity contribution in [2.45, 2.75) is 19.9 Å². The summed E-state index contributed by atoms with van der Waals surface area (Å²) in [4.78, 5) is 26.6. The Hall–Kier alpha value is -5.68. The predicted octanol–water partition coefficient (Wildman–Crippen LogP) is 5.73. The number of hydrogen-bond donors (Lipinski definition) is 1. The summed E-state index contributed by atoms with van der Waals surface area (Å²) in [6.45, 7) is 1.58. The zero-order valence-corrected chi connectivity index (χ0v) is 23.2. The largest absolute Gasteiger partial charge is 0.497 e. The highest BCUT2D eigenvalue weighted by Crippen LogP contribution is 2.27.